The van der Waals surface area contributed by atoms with Gasteiger partial charge in [0.2, 0.25) is 0 Å². The zero-order valence-corrected chi connectivity index (χ0v) is 7.91. The number of unbranched alkanes of at least 4 members (excludes halogenated alkanes) is 3. The molecule has 0 aliphatic rings. The molecule has 0 aromatic rings. The van der Waals surface area contributed by atoms with Gasteiger partial charge in [-0.2, -0.15) is 0 Å². The first-order valence-electron chi connectivity index (χ1n) is 4.00. The van der Waals surface area contributed by atoms with Crippen LogP contribution in [-0.4, -0.2) is 31.3 Å². The SMILES string of the molecule is CN(C)CCCCCC[S]. The van der Waals surface area contributed by atoms with Gasteiger partial charge in [-0.05, 0) is 33.5 Å². The molecule has 1 nitrogen and oxygen atoms in total. The van der Waals surface area contributed by atoms with E-state index in [4.69, 9.17) is 12.6 Å². The van der Waals surface area contributed by atoms with Crippen LogP contribution in [0.3, 0.4) is 0 Å². The van der Waals surface area contributed by atoms with E-state index >= 15 is 0 Å². The van der Waals surface area contributed by atoms with E-state index in [2.05, 4.69) is 19.0 Å². The van der Waals surface area contributed by atoms with Gasteiger partial charge < -0.3 is 4.90 Å². The third kappa shape index (κ3) is 8.31. The van der Waals surface area contributed by atoms with Crippen molar-refractivity contribution in [2.75, 3.05) is 26.4 Å². The molecule has 0 saturated carbocycles. The van der Waals surface area contributed by atoms with Crippen LogP contribution >= 0.6 is 12.6 Å². The minimum Gasteiger partial charge on any atom is -0.309 e. The minimum atomic E-state index is 0.933. The second kappa shape index (κ2) is 7.42. The van der Waals surface area contributed by atoms with Gasteiger partial charge in [-0.25, -0.2) is 0 Å². The molecule has 0 atom stereocenters. The summed E-state index contributed by atoms with van der Waals surface area (Å²) in [6.07, 6.45) is 5.21. The van der Waals surface area contributed by atoms with Gasteiger partial charge in [-0.1, -0.05) is 25.5 Å². The fourth-order valence-electron chi connectivity index (χ4n) is 0.884. The molecule has 0 aromatic carbocycles. The molecule has 0 rings (SSSR count). The average molecular weight is 160 g/mol. The molecule has 0 bridgehead atoms. The highest BCUT2D eigenvalue weighted by Gasteiger charge is 1.90. The fraction of sp³-hybridized carbons (Fsp3) is 1.00. The lowest BCUT2D eigenvalue weighted by Crippen LogP contribution is -2.12. The van der Waals surface area contributed by atoms with Crippen molar-refractivity contribution in [3.05, 3.63) is 0 Å². The van der Waals surface area contributed by atoms with Crippen LogP contribution < -0.4 is 0 Å². The van der Waals surface area contributed by atoms with E-state index in [1.54, 1.807) is 0 Å². The Bertz CT molecular complexity index is 64.3. The topological polar surface area (TPSA) is 3.24 Å². The standard InChI is InChI=1S/C8H18NS/c1-9(2)7-5-3-4-6-8-10/h3-8H2,1-2H3. The molecule has 10 heavy (non-hydrogen) atoms. The molecule has 2 heteroatoms. The molecule has 0 unspecified atom stereocenters. The second-order valence-corrected chi connectivity index (χ2v) is 3.33. The van der Waals surface area contributed by atoms with Crippen molar-refractivity contribution in [3.8, 4) is 0 Å². The van der Waals surface area contributed by atoms with Crippen molar-refractivity contribution < 1.29 is 0 Å². The van der Waals surface area contributed by atoms with Crippen LogP contribution in [0.1, 0.15) is 25.7 Å². The Hall–Kier alpha value is 0.310. The molecule has 0 fully saturated rings. The minimum absolute atomic E-state index is 0.933. The van der Waals surface area contributed by atoms with Gasteiger partial charge in [0.1, 0.15) is 0 Å². The Balaban J connectivity index is 2.77. The van der Waals surface area contributed by atoms with Crippen molar-refractivity contribution >= 4 is 12.6 Å². The van der Waals surface area contributed by atoms with Gasteiger partial charge in [0.15, 0.2) is 0 Å². The molecule has 0 heterocycles. The van der Waals surface area contributed by atoms with Crippen LogP contribution in [-0.2, 0) is 0 Å². The van der Waals surface area contributed by atoms with Crippen molar-refractivity contribution in [2.45, 2.75) is 25.7 Å². The predicted octanol–water partition coefficient (Wildman–Crippen LogP) is 2.31. The Labute approximate surface area is 70.2 Å². The van der Waals surface area contributed by atoms with E-state index < -0.39 is 0 Å². The first-order valence-corrected chi connectivity index (χ1v) is 4.58. The van der Waals surface area contributed by atoms with E-state index in [-0.39, 0.29) is 0 Å². The highest BCUT2D eigenvalue weighted by molar-refractivity contribution is 7.80. The molecule has 0 spiro atoms. The lowest BCUT2D eigenvalue weighted by molar-refractivity contribution is 0.391. The third-order valence-electron chi connectivity index (χ3n) is 1.50. The Morgan fingerprint density at radius 3 is 2.10 bits per heavy atom. The molecule has 61 valence electrons. The molecule has 0 N–H and O–H groups in total. The maximum absolute atomic E-state index is 4.84. The first-order chi connectivity index (χ1) is 4.77. The van der Waals surface area contributed by atoms with Gasteiger partial charge in [0, 0.05) is 5.75 Å². The van der Waals surface area contributed by atoms with Crippen LogP contribution in [0.25, 0.3) is 0 Å². The van der Waals surface area contributed by atoms with Crippen molar-refractivity contribution in [1.82, 2.24) is 4.90 Å². The monoisotopic (exact) mass is 160 g/mol. The zero-order chi connectivity index (χ0) is 7.82. The van der Waals surface area contributed by atoms with Crippen LogP contribution in [0.4, 0.5) is 0 Å². The van der Waals surface area contributed by atoms with Crippen LogP contribution in [0.15, 0.2) is 0 Å². The van der Waals surface area contributed by atoms with Gasteiger partial charge in [-0.3, -0.25) is 0 Å². The van der Waals surface area contributed by atoms with E-state index in [9.17, 15) is 0 Å². The highest BCUT2D eigenvalue weighted by atomic mass is 32.1. The highest BCUT2D eigenvalue weighted by Crippen LogP contribution is 2.00. The number of hydrogen-bond donors (Lipinski definition) is 0. The molecule has 0 amide bonds. The normalized spacial score (nSPS) is 10.8. The van der Waals surface area contributed by atoms with Gasteiger partial charge in [-0.15, -0.1) is 0 Å². The van der Waals surface area contributed by atoms with Gasteiger partial charge >= 0.3 is 0 Å². The van der Waals surface area contributed by atoms with Gasteiger partial charge in [0.25, 0.3) is 0 Å². The Kier molecular flexibility index (Phi) is 7.65. The summed E-state index contributed by atoms with van der Waals surface area (Å²) in [5, 5.41) is 0. The summed E-state index contributed by atoms with van der Waals surface area (Å²) < 4.78 is 0. The first kappa shape index (κ1) is 10.3. The summed E-state index contributed by atoms with van der Waals surface area (Å²) >= 11 is 4.84. The van der Waals surface area contributed by atoms with E-state index in [0.717, 1.165) is 5.75 Å². The summed E-state index contributed by atoms with van der Waals surface area (Å²) in [6, 6.07) is 0. The average Bonchev–Trinajstić information content (AvgIpc) is 1.87. The number of hydrogen-bond acceptors (Lipinski definition) is 1. The molecule has 0 aliphatic carbocycles. The van der Waals surface area contributed by atoms with Crippen LogP contribution in [0.5, 0.6) is 0 Å². The summed E-state index contributed by atoms with van der Waals surface area (Å²) in [6.45, 7) is 1.22. The maximum Gasteiger partial charge on any atom is 0.00369 e. The largest absolute Gasteiger partial charge is 0.309 e. The lowest BCUT2D eigenvalue weighted by atomic mass is 10.2. The quantitative estimate of drug-likeness (QED) is 0.539. The van der Waals surface area contributed by atoms with Crippen molar-refractivity contribution in [1.29, 1.82) is 0 Å². The molecule has 0 aliphatic heterocycles. The summed E-state index contributed by atoms with van der Waals surface area (Å²) in [5.74, 6) is 0.933. The molecule has 0 saturated heterocycles. The predicted molar refractivity (Wildman–Crippen MR) is 49.5 cm³/mol. The Morgan fingerprint density at radius 2 is 1.60 bits per heavy atom. The molecular formula is C8H18NS. The Morgan fingerprint density at radius 1 is 1.00 bits per heavy atom. The summed E-state index contributed by atoms with van der Waals surface area (Å²) in [4.78, 5) is 2.23. The van der Waals surface area contributed by atoms with Gasteiger partial charge in [0.05, 0.1) is 0 Å². The van der Waals surface area contributed by atoms with Crippen molar-refractivity contribution in [2.24, 2.45) is 0 Å². The summed E-state index contributed by atoms with van der Waals surface area (Å²) in [5.41, 5.74) is 0. The zero-order valence-electron chi connectivity index (χ0n) is 7.10. The van der Waals surface area contributed by atoms with E-state index in [0.29, 0.717) is 0 Å². The van der Waals surface area contributed by atoms with Crippen LogP contribution in [0.2, 0.25) is 0 Å². The van der Waals surface area contributed by atoms with E-state index in [1.165, 1.54) is 32.2 Å². The summed E-state index contributed by atoms with van der Waals surface area (Å²) in [7, 11) is 4.24. The number of nitrogens with zero attached hydrogens (tertiary/aromatic N) is 1. The van der Waals surface area contributed by atoms with Crippen molar-refractivity contribution in [3.63, 3.8) is 0 Å². The molecular weight excluding hydrogens is 142 g/mol. The van der Waals surface area contributed by atoms with E-state index in [1.807, 2.05) is 0 Å². The smallest absolute Gasteiger partial charge is 0.00369 e. The second-order valence-electron chi connectivity index (χ2n) is 2.92. The maximum atomic E-state index is 4.84. The molecule has 1 radical (unpaired) electrons. The molecule has 0 aromatic heterocycles. The van der Waals surface area contributed by atoms with Crippen LogP contribution in [0, 0.1) is 0 Å². The third-order valence-corrected chi connectivity index (χ3v) is 1.79. The fourth-order valence-corrected chi connectivity index (χ4v) is 1.09. The number of rotatable bonds is 6. The lowest BCUT2D eigenvalue weighted by Gasteiger charge is -2.07.